The van der Waals surface area contributed by atoms with Crippen LogP contribution in [0.2, 0.25) is 0 Å². The van der Waals surface area contributed by atoms with E-state index in [0.29, 0.717) is 0 Å². The molecule has 2 aromatic carbocycles. The maximum absolute atomic E-state index is 10.4. The van der Waals surface area contributed by atoms with Crippen LogP contribution in [0, 0.1) is 0 Å². The van der Waals surface area contributed by atoms with E-state index in [-0.39, 0.29) is 0 Å². The molecule has 0 radical (unpaired) electrons. The van der Waals surface area contributed by atoms with Crippen LogP contribution in [0.15, 0.2) is 60.3 Å². The normalized spacial score (nSPS) is 13.7. The predicted molar refractivity (Wildman–Crippen MR) is 76.5 cm³/mol. The first-order valence-corrected chi connectivity index (χ1v) is 6.27. The number of hydrogen-bond donors (Lipinski definition) is 1. The van der Waals surface area contributed by atoms with E-state index in [4.69, 9.17) is 0 Å². The van der Waals surface area contributed by atoms with Gasteiger partial charge in [0.2, 0.25) is 0 Å². The van der Waals surface area contributed by atoms with Crippen molar-refractivity contribution >= 4 is 10.8 Å². The second-order valence-electron chi connectivity index (χ2n) is 4.63. The molecule has 0 bridgehead atoms. The Morgan fingerprint density at radius 1 is 1.17 bits per heavy atom. The second kappa shape index (κ2) is 5.22. The van der Waals surface area contributed by atoms with Crippen LogP contribution in [0.25, 0.3) is 10.8 Å². The third-order valence-corrected chi connectivity index (χ3v) is 3.02. The van der Waals surface area contributed by atoms with Crippen molar-refractivity contribution in [3.8, 4) is 0 Å². The summed E-state index contributed by atoms with van der Waals surface area (Å²) in [6, 6.07) is 14.2. The summed E-state index contributed by atoms with van der Waals surface area (Å²) in [5.41, 5.74) is 2.93. The van der Waals surface area contributed by atoms with Crippen molar-refractivity contribution in [1.29, 1.82) is 0 Å². The molecular formula is C17H18O. The fourth-order valence-corrected chi connectivity index (χ4v) is 1.93. The highest BCUT2D eigenvalue weighted by Gasteiger charge is 2.19. The van der Waals surface area contributed by atoms with Crippen LogP contribution in [0.1, 0.15) is 25.8 Å². The zero-order chi connectivity index (χ0) is 13.0. The van der Waals surface area contributed by atoms with Crippen molar-refractivity contribution in [1.82, 2.24) is 0 Å². The highest BCUT2D eigenvalue weighted by molar-refractivity contribution is 5.83. The van der Waals surface area contributed by atoms with E-state index in [1.165, 1.54) is 5.39 Å². The Labute approximate surface area is 108 Å². The van der Waals surface area contributed by atoms with Crippen molar-refractivity contribution in [3.05, 3.63) is 65.9 Å². The maximum atomic E-state index is 10.4. The van der Waals surface area contributed by atoms with E-state index < -0.39 is 5.60 Å². The predicted octanol–water partition coefficient (Wildman–Crippen LogP) is 4.17. The molecule has 0 heterocycles. The molecule has 0 aromatic heterocycles. The van der Waals surface area contributed by atoms with Gasteiger partial charge in [0.25, 0.3) is 0 Å². The molecule has 0 saturated carbocycles. The van der Waals surface area contributed by atoms with Gasteiger partial charge in [0.05, 0.1) is 0 Å². The lowest BCUT2D eigenvalue weighted by molar-refractivity contribution is 0.111. The summed E-state index contributed by atoms with van der Waals surface area (Å²) in [5.74, 6) is 0. The van der Waals surface area contributed by atoms with Gasteiger partial charge in [0.15, 0.2) is 0 Å². The number of fused-ring (bicyclic) bond motifs is 1. The van der Waals surface area contributed by atoms with Crippen LogP contribution in [-0.2, 0) is 5.60 Å². The monoisotopic (exact) mass is 238 g/mol. The van der Waals surface area contributed by atoms with Crippen LogP contribution in [-0.4, -0.2) is 5.11 Å². The van der Waals surface area contributed by atoms with Crippen LogP contribution >= 0.6 is 0 Å². The van der Waals surface area contributed by atoms with E-state index in [0.717, 1.165) is 17.4 Å². The third-order valence-electron chi connectivity index (χ3n) is 3.02. The summed E-state index contributed by atoms with van der Waals surface area (Å²) in [6.45, 7) is 3.83. The Bertz CT molecular complexity index is 602. The topological polar surface area (TPSA) is 20.2 Å². The molecule has 1 unspecified atom stereocenters. The summed E-state index contributed by atoms with van der Waals surface area (Å²) >= 11 is 0. The molecule has 0 saturated heterocycles. The number of aliphatic hydroxyl groups is 1. The molecule has 2 rings (SSSR count). The fourth-order valence-electron chi connectivity index (χ4n) is 1.93. The maximum Gasteiger partial charge on any atom is 0.112 e. The van der Waals surface area contributed by atoms with Crippen molar-refractivity contribution in [3.63, 3.8) is 0 Å². The fraction of sp³-hybridized carbons (Fsp3) is 0.235. The van der Waals surface area contributed by atoms with Crippen molar-refractivity contribution in [2.45, 2.75) is 25.9 Å². The van der Waals surface area contributed by atoms with Gasteiger partial charge in [-0.15, -0.1) is 5.73 Å². The smallest absolute Gasteiger partial charge is 0.112 e. The Morgan fingerprint density at radius 2 is 1.89 bits per heavy atom. The number of hydrogen-bond acceptors (Lipinski definition) is 1. The van der Waals surface area contributed by atoms with Gasteiger partial charge in [0, 0.05) is 0 Å². The highest BCUT2D eigenvalue weighted by Crippen LogP contribution is 2.25. The molecule has 0 amide bonds. The first kappa shape index (κ1) is 12.6. The average molecular weight is 238 g/mol. The Morgan fingerprint density at radius 3 is 2.61 bits per heavy atom. The first-order chi connectivity index (χ1) is 8.63. The van der Waals surface area contributed by atoms with Crippen LogP contribution < -0.4 is 0 Å². The largest absolute Gasteiger partial charge is 0.381 e. The van der Waals surface area contributed by atoms with Gasteiger partial charge in [-0.3, -0.25) is 0 Å². The van der Waals surface area contributed by atoms with Crippen LogP contribution in [0.3, 0.4) is 0 Å². The first-order valence-electron chi connectivity index (χ1n) is 6.27. The number of benzene rings is 2. The molecule has 1 atom stereocenters. The molecule has 0 aliphatic carbocycles. The van der Waals surface area contributed by atoms with E-state index in [2.05, 4.69) is 17.9 Å². The minimum Gasteiger partial charge on any atom is -0.381 e. The zero-order valence-corrected chi connectivity index (χ0v) is 10.9. The van der Waals surface area contributed by atoms with Gasteiger partial charge in [-0.2, -0.15) is 0 Å². The van der Waals surface area contributed by atoms with Crippen molar-refractivity contribution in [2.24, 2.45) is 0 Å². The Balaban J connectivity index is 2.44. The lowest BCUT2D eigenvalue weighted by atomic mass is 9.93. The molecule has 1 nitrogen and oxygen atoms in total. The molecule has 1 N–H and O–H groups in total. The van der Waals surface area contributed by atoms with Gasteiger partial charge in [-0.1, -0.05) is 43.3 Å². The standard InChI is InChI=1S/C17H18O/c1-3-4-7-12-17(2,18)16-11-10-14-8-5-6-9-15(14)13-16/h4-6,8-13,18H,3H2,1-2H3. The molecule has 2 aromatic rings. The highest BCUT2D eigenvalue weighted by atomic mass is 16.3. The average Bonchev–Trinajstić information content (AvgIpc) is 2.38. The molecule has 18 heavy (non-hydrogen) atoms. The minimum atomic E-state index is -0.976. The van der Waals surface area contributed by atoms with Gasteiger partial charge in [0.1, 0.15) is 5.60 Å². The van der Waals surface area contributed by atoms with Gasteiger partial charge in [-0.25, -0.2) is 0 Å². The van der Waals surface area contributed by atoms with Crippen molar-refractivity contribution < 1.29 is 5.11 Å². The summed E-state index contributed by atoms with van der Waals surface area (Å²) in [6.07, 6.45) is 4.54. The van der Waals surface area contributed by atoms with Gasteiger partial charge in [-0.05, 0) is 47.9 Å². The minimum absolute atomic E-state index is 0.887. The van der Waals surface area contributed by atoms with E-state index in [1.807, 2.05) is 43.3 Å². The number of rotatable bonds is 3. The molecule has 0 aliphatic rings. The lowest BCUT2D eigenvalue weighted by Crippen LogP contribution is -2.17. The molecule has 0 fully saturated rings. The van der Waals surface area contributed by atoms with Crippen LogP contribution in [0.4, 0.5) is 0 Å². The summed E-state index contributed by atoms with van der Waals surface area (Å²) in [5, 5.41) is 12.8. The summed E-state index contributed by atoms with van der Waals surface area (Å²) in [7, 11) is 0. The quantitative estimate of drug-likeness (QED) is 0.796. The SMILES string of the molecule is CCC=C=CC(C)(O)c1ccc2ccccc2c1. The molecule has 0 spiro atoms. The van der Waals surface area contributed by atoms with Crippen LogP contribution in [0.5, 0.6) is 0 Å². The summed E-state index contributed by atoms with van der Waals surface area (Å²) < 4.78 is 0. The van der Waals surface area contributed by atoms with Gasteiger partial charge >= 0.3 is 0 Å². The summed E-state index contributed by atoms with van der Waals surface area (Å²) in [4.78, 5) is 0. The Kier molecular flexibility index (Phi) is 3.66. The van der Waals surface area contributed by atoms with E-state index in [9.17, 15) is 5.11 Å². The second-order valence-corrected chi connectivity index (χ2v) is 4.63. The molecule has 92 valence electrons. The molecule has 1 heteroatoms. The van der Waals surface area contributed by atoms with Gasteiger partial charge < -0.3 is 5.11 Å². The van der Waals surface area contributed by atoms with E-state index in [1.54, 1.807) is 13.0 Å². The molecule has 0 aliphatic heterocycles. The van der Waals surface area contributed by atoms with E-state index >= 15 is 0 Å². The molecular weight excluding hydrogens is 220 g/mol. The lowest BCUT2D eigenvalue weighted by Gasteiger charge is -2.19. The Hall–Kier alpha value is -1.82. The van der Waals surface area contributed by atoms with Crippen molar-refractivity contribution in [2.75, 3.05) is 0 Å². The zero-order valence-electron chi connectivity index (χ0n) is 10.9. The third kappa shape index (κ3) is 2.70.